The van der Waals surface area contributed by atoms with Crippen LogP contribution in [0.2, 0.25) is 0 Å². The van der Waals surface area contributed by atoms with E-state index in [-0.39, 0.29) is 6.04 Å². The second-order valence-electron chi connectivity index (χ2n) is 4.24. The standard InChI is InChI=1S/C10H14N2O4/c1-6(10(15)16)11-4-5-12(7-2-3-7)9(14)8(11)13/h6-7H,2-5H2,1H3,(H,15,16)/t6-/m1/s1. The van der Waals surface area contributed by atoms with E-state index in [0.717, 1.165) is 17.7 Å². The van der Waals surface area contributed by atoms with Crippen LogP contribution in [-0.4, -0.2) is 57.9 Å². The highest BCUT2D eigenvalue weighted by atomic mass is 16.4. The highest BCUT2D eigenvalue weighted by Crippen LogP contribution is 2.28. The second-order valence-corrected chi connectivity index (χ2v) is 4.24. The average Bonchev–Trinajstić information content (AvgIpc) is 3.04. The predicted molar refractivity (Wildman–Crippen MR) is 53.5 cm³/mol. The van der Waals surface area contributed by atoms with Crippen LogP contribution in [0.5, 0.6) is 0 Å². The van der Waals surface area contributed by atoms with Crippen molar-refractivity contribution in [3.63, 3.8) is 0 Å². The van der Waals surface area contributed by atoms with Gasteiger partial charge in [-0.05, 0) is 19.8 Å². The van der Waals surface area contributed by atoms with E-state index in [1.165, 1.54) is 6.92 Å². The van der Waals surface area contributed by atoms with Crippen molar-refractivity contribution in [3.8, 4) is 0 Å². The Morgan fingerprint density at radius 3 is 2.44 bits per heavy atom. The van der Waals surface area contributed by atoms with Gasteiger partial charge in [0.25, 0.3) is 0 Å². The molecule has 0 unspecified atom stereocenters. The molecule has 1 saturated heterocycles. The van der Waals surface area contributed by atoms with Gasteiger partial charge in [0.15, 0.2) is 0 Å². The molecule has 0 radical (unpaired) electrons. The lowest BCUT2D eigenvalue weighted by molar-refractivity contribution is -0.162. The lowest BCUT2D eigenvalue weighted by Crippen LogP contribution is -2.58. The minimum atomic E-state index is -1.08. The number of carboxylic acid groups (broad SMARTS) is 1. The molecule has 0 spiro atoms. The first-order chi connectivity index (χ1) is 7.52. The average molecular weight is 226 g/mol. The number of carbonyl (C=O) groups excluding carboxylic acids is 2. The topological polar surface area (TPSA) is 77.9 Å². The Balaban J connectivity index is 2.07. The van der Waals surface area contributed by atoms with Gasteiger partial charge in [-0.2, -0.15) is 0 Å². The fourth-order valence-corrected chi connectivity index (χ4v) is 1.90. The molecular formula is C10H14N2O4. The van der Waals surface area contributed by atoms with Gasteiger partial charge >= 0.3 is 17.8 Å². The summed E-state index contributed by atoms with van der Waals surface area (Å²) in [6.07, 6.45) is 1.90. The molecule has 88 valence electrons. The zero-order valence-electron chi connectivity index (χ0n) is 9.05. The van der Waals surface area contributed by atoms with Crippen molar-refractivity contribution in [2.75, 3.05) is 13.1 Å². The number of carbonyl (C=O) groups is 3. The number of carboxylic acids is 1. The molecule has 1 aliphatic carbocycles. The van der Waals surface area contributed by atoms with Crippen LogP contribution in [-0.2, 0) is 14.4 Å². The number of piperazine rings is 1. The summed E-state index contributed by atoms with van der Waals surface area (Å²) in [5.74, 6) is -2.32. The number of hydrogen-bond donors (Lipinski definition) is 1. The third kappa shape index (κ3) is 1.75. The minimum Gasteiger partial charge on any atom is -0.480 e. The molecule has 6 heteroatoms. The van der Waals surface area contributed by atoms with E-state index < -0.39 is 23.8 Å². The van der Waals surface area contributed by atoms with Crippen molar-refractivity contribution in [1.29, 1.82) is 0 Å². The highest BCUT2D eigenvalue weighted by Gasteiger charge is 2.42. The zero-order valence-corrected chi connectivity index (χ0v) is 9.05. The lowest BCUT2D eigenvalue weighted by Gasteiger charge is -2.35. The molecule has 1 N–H and O–H groups in total. The van der Waals surface area contributed by atoms with E-state index in [4.69, 9.17) is 5.11 Å². The fraction of sp³-hybridized carbons (Fsp3) is 0.700. The Kier molecular flexibility index (Phi) is 2.57. The molecule has 1 atom stereocenters. The molecule has 0 aromatic heterocycles. The summed E-state index contributed by atoms with van der Waals surface area (Å²) in [6, 6.07) is -0.725. The molecule has 1 heterocycles. The lowest BCUT2D eigenvalue weighted by atomic mass is 10.2. The molecule has 0 aromatic carbocycles. The molecular weight excluding hydrogens is 212 g/mol. The van der Waals surface area contributed by atoms with Gasteiger partial charge in [0.1, 0.15) is 6.04 Å². The molecule has 0 aromatic rings. The Morgan fingerprint density at radius 1 is 1.31 bits per heavy atom. The molecule has 0 bridgehead atoms. The van der Waals surface area contributed by atoms with Crippen LogP contribution < -0.4 is 0 Å². The van der Waals surface area contributed by atoms with Crippen LogP contribution >= 0.6 is 0 Å². The smallest absolute Gasteiger partial charge is 0.326 e. The van der Waals surface area contributed by atoms with E-state index in [1.807, 2.05) is 0 Å². The monoisotopic (exact) mass is 226 g/mol. The van der Waals surface area contributed by atoms with Crippen LogP contribution in [0, 0.1) is 0 Å². The fourth-order valence-electron chi connectivity index (χ4n) is 1.90. The van der Waals surface area contributed by atoms with E-state index in [0.29, 0.717) is 13.1 Å². The molecule has 2 amide bonds. The van der Waals surface area contributed by atoms with Crippen molar-refractivity contribution in [2.24, 2.45) is 0 Å². The summed E-state index contributed by atoms with van der Waals surface area (Å²) < 4.78 is 0. The van der Waals surface area contributed by atoms with Crippen molar-refractivity contribution in [2.45, 2.75) is 31.8 Å². The maximum absolute atomic E-state index is 11.7. The number of aliphatic carboxylic acids is 1. The second kappa shape index (κ2) is 3.77. The zero-order chi connectivity index (χ0) is 11.9. The van der Waals surface area contributed by atoms with Crippen molar-refractivity contribution in [3.05, 3.63) is 0 Å². The van der Waals surface area contributed by atoms with E-state index in [9.17, 15) is 14.4 Å². The normalized spacial score (nSPS) is 23.6. The Hall–Kier alpha value is -1.59. The predicted octanol–water partition coefficient (Wildman–Crippen LogP) is -0.707. The summed E-state index contributed by atoms with van der Waals surface area (Å²) in [4.78, 5) is 36.8. The van der Waals surface area contributed by atoms with Crippen LogP contribution in [0.1, 0.15) is 19.8 Å². The number of hydrogen-bond acceptors (Lipinski definition) is 3. The van der Waals surface area contributed by atoms with Crippen molar-refractivity contribution >= 4 is 17.8 Å². The third-order valence-electron chi connectivity index (χ3n) is 3.10. The van der Waals surface area contributed by atoms with Crippen LogP contribution in [0.4, 0.5) is 0 Å². The number of nitrogens with zero attached hydrogens (tertiary/aromatic N) is 2. The summed E-state index contributed by atoms with van der Waals surface area (Å²) >= 11 is 0. The largest absolute Gasteiger partial charge is 0.480 e. The van der Waals surface area contributed by atoms with Crippen molar-refractivity contribution < 1.29 is 19.5 Å². The summed E-state index contributed by atoms with van der Waals surface area (Å²) in [6.45, 7) is 2.18. The van der Waals surface area contributed by atoms with Crippen molar-refractivity contribution in [1.82, 2.24) is 9.80 Å². The van der Waals surface area contributed by atoms with Gasteiger partial charge in [-0.3, -0.25) is 9.59 Å². The van der Waals surface area contributed by atoms with Gasteiger partial charge in [-0.15, -0.1) is 0 Å². The summed E-state index contributed by atoms with van der Waals surface area (Å²) in [5.41, 5.74) is 0. The molecule has 1 aliphatic heterocycles. The van der Waals surface area contributed by atoms with Gasteiger partial charge in [-0.25, -0.2) is 4.79 Å². The Labute approximate surface area is 92.8 Å². The van der Waals surface area contributed by atoms with Gasteiger partial charge in [-0.1, -0.05) is 0 Å². The van der Waals surface area contributed by atoms with E-state index in [2.05, 4.69) is 0 Å². The maximum Gasteiger partial charge on any atom is 0.326 e. The van der Waals surface area contributed by atoms with Crippen LogP contribution in [0.3, 0.4) is 0 Å². The van der Waals surface area contributed by atoms with Crippen LogP contribution in [0.25, 0.3) is 0 Å². The minimum absolute atomic E-state index is 0.207. The van der Waals surface area contributed by atoms with Gasteiger partial charge < -0.3 is 14.9 Å². The number of amides is 2. The Morgan fingerprint density at radius 2 is 1.94 bits per heavy atom. The first-order valence-electron chi connectivity index (χ1n) is 5.36. The molecule has 2 aliphatic rings. The summed E-state index contributed by atoms with van der Waals surface area (Å²) in [5, 5.41) is 8.81. The molecule has 16 heavy (non-hydrogen) atoms. The molecule has 2 rings (SSSR count). The maximum atomic E-state index is 11.7. The van der Waals surface area contributed by atoms with Gasteiger partial charge in [0.2, 0.25) is 0 Å². The first kappa shape index (κ1) is 10.9. The van der Waals surface area contributed by atoms with Gasteiger partial charge in [0.05, 0.1) is 0 Å². The molecule has 1 saturated carbocycles. The van der Waals surface area contributed by atoms with E-state index >= 15 is 0 Å². The van der Waals surface area contributed by atoms with Gasteiger partial charge in [0, 0.05) is 19.1 Å². The van der Waals surface area contributed by atoms with E-state index in [1.54, 1.807) is 4.90 Å². The first-order valence-corrected chi connectivity index (χ1v) is 5.36. The Bertz CT molecular complexity index is 351. The van der Waals surface area contributed by atoms with Crippen LogP contribution in [0.15, 0.2) is 0 Å². The molecule has 2 fully saturated rings. The molecule has 6 nitrogen and oxygen atoms in total. The SMILES string of the molecule is C[C@H](C(=O)O)N1CCN(C2CC2)C(=O)C1=O. The summed E-state index contributed by atoms with van der Waals surface area (Å²) in [7, 11) is 0. The third-order valence-corrected chi connectivity index (χ3v) is 3.10. The quantitative estimate of drug-likeness (QED) is 0.645. The highest BCUT2D eigenvalue weighted by molar-refractivity contribution is 6.35. The number of rotatable bonds is 3.